The van der Waals surface area contributed by atoms with Gasteiger partial charge in [0.1, 0.15) is 0 Å². The second-order valence-corrected chi connectivity index (χ2v) is 7.32. The summed E-state index contributed by atoms with van der Waals surface area (Å²) in [6.07, 6.45) is 7.08. The quantitative estimate of drug-likeness (QED) is 0.867. The summed E-state index contributed by atoms with van der Waals surface area (Å²) in [6.45, 7) is 0. The van der Waals surface area contributed by atoms with Crippen molar-refractivity contribution in [1.82, 2.24) is 0 Å². The van der Waals surface area contributed by atoms with Gasteiger partial charge in [0.05, 0.1) is 5.54 Å². The first-order valence-corrected chi connectivity index (χ1v) is 8.51. The van der Waals surface area contributed by atoms with Crippen molar-refractivity contribution in [2.24, 2.45) is 5.73 Å². The van der Waals surface area contributed by atoms with E-state index in [1.54, 1.807) is 0 Å². The van der Waals surface area contributed by atoms with E-state index >= 15 is 0 Å². The maximum Gasteiger partial charge on any atom is 0.244 e. The van der Waals surface area contributed by atoms with E-state index in [9.17, 15) is 4.79 Å². The average Bonchev–Trinajstić information content (AvgIpc) is 3.01. The maximum atomic E-state index is 11.9. The van der Waals surface area contributed by atoms with Gasteiger partial charge >= 0.3 is 0 Å². The highest BCUT2D eigenvalue weighted by Gasteiger charge is 2.45. The predicted molar refractivity (Wildman–Crippen MR) is 92.0 cm³/mol. The van der Waals surface area contributed by atoms with Crippen LogP contribution in [0.3, 0.4) is 0 Å². The topological polar surface area (TPSA) is 55.1 Å². The Hall–Kier alpha value is -0.710. The largest absolute Gasteiger partial charge is 0.324 e. The number of rotatable bonds is 5. The highest BCUT2D eigenvalue weighted by atomic mass is 35.5. The van der Waals surface area contributed by atoms with Crippen molar-refractivity contribution in [3.63, 3.8) is 0 Å². The van der Waals surface area contributed by atoms with Crippen LogP contribution in [0.2, 0.25) is 0 Å². The van der Waals surface area contributed by atoms with E-state index in [2.05, 4.69) is 17.4 Å². The SMILES string of the molecule is Cl.NC1(C(=O)Nc2cccc(CSC3CCCC3)c2)CC1. The molecule has 0 spiro atoms. The van der Waals surface area contributed by atoms with Crippen LogP contribution in [0.4, 0.5) is 5.69 Å². The lowest BCUT2D eigenvalue weighted by Gasteiger charge is -2.12. The number of benzene rings is 1. The van der Waals surface area contributed by atoms with Crippen LogP contribution in [0.25, 0.3) is 0 Å². The summed E-state index contributed by atoms with van der Waals surface area (Å²) in [5, 5.41) is 3.77. The molecule has 0 saturated heterocycles. The second-order valence-electron chi connectivity index (χ2n) is 6.03. The molecule has 116 valence electrons. The van der Waals surface area contributed by atoms with Crippen LogP contribution in [0.15, 0.2) is 24.3 Å². The third-order valence-electron chi connectivity index (χ3n) is 4.21. The number of amides is 1. The lowest BCUT2D eigenvalue weighted by Crippen LogP contribution is -2.37. The first-order chi connectivity index (χ1) is 9.66. The third-order valence-corrected chi connectivity index (χ3v) is 5.66. The molecule has 0 radical (unpaired) electrons. The second kappa shape index (κ2) is 7.03. The van der Waals surface area contributed by atoms with Crippen LogP contribution in [0.5, 0.6) is 0 Å². The number of anilines is 1. The van der Waals surface area contributed by atoms with Crippen molar-refractivity contribution in [2.45, 2.75) is 55.1 Å². The zero-order valence-corrected chi connectivity index (χ0v) is 13.8. The zero-order chi connectivity index (χ0) is 14.0. The fourth-order valence-corrected chi connectivity index (χ4v) is 3.90. The summed E-state index contributed by atoms with van der Waals surface area (Å²) >= 11 is 2.05. The van der Waals surface area contributed by atoms with Gasteiger partial charge in [-0.3, -0.25) is 4.79 Å². The van der Waals surface area contributed by atoms with Crippen molar-refractivity contribution in [1.29, 1.82) is 0 Å². The Morgan fingerprint density at radius 1 is 1.33 bits per heavy atom. The van der Waals surface area contributed by atoms with Crippen LogP contribution in [-0.2, 0) is 10.5 Å². The van der Waals surface area contributed by atoms with Crippen LogP contribution >= 0.6 is 24.2 Å². The Balaban J connectivity index is 0.00000161. The summed E-state index contributed by atoms with van der Waals surface area (Å²) in [5.41, 5.74) is 7.45. The van der Waals surface area contributed by atoms with Gasteiger partial charge in [0.25, 0.3) is 0 Å². The molecular formula is C16H23ClN2OS. The van der Waals surface area contributed by atoms with Crippen LogP contribution in [0.1, 0.15) is 44.1 Å². The summed E-state index contributed by atoms with van der Waals surface area (Å²) in [5.74, 6) is 0.986. The summed E-state index contributed by atoms with van der Waals surface area (Å²) < 4.78 is 0. The molecule has 3 N–H and O–H groups in total. The number of hydrogen-bond donors (Lipinski definition) is 2. The molecule has 21 heavy (non-hydrogen) atoms. The number of hydrogen-bond acceptors (Lipinski definition) is 3. The van der Waals surface area contributed by atoms with Gasteiger partial charge in [-0.15, -0.1) is 12.4 Å². The average molecular weight is 327 g/mol. The molecule has 0 atom stereocenters. The Bertz CT molecular complexity index is 499. The Morgan fingerprint density at radius 3 is 2.71 bits per heavy atom. The molecule has 1 amide bonds. The minimum Gasteiger partial charge on any atom is -0.324 e. The number of nitrogens with two attached hydrogens (primary N) is 1. The molecule has 0 heterocycles. The van der Waals surface area contributed by atoms with Gasteiger partial charge in [0, 0.05) is 16.7 Å². The summed E-state index contributed by atoms with van der Waals surface area (Å²) in [4.78, 5) is 11.9. The van der Waals surface area contributed by atoms with Crippen molar-refractivity contribution in [2.75, 3.05) is 5.32 Å². The smallest absolute Gasteiger partial charge is 0.244 e. The van der Waals surface area contributed by atoms with Crippen molar-refractivity contribution >= 4 is 35.8 Å². The first kappa shape index (κ1) is 16.7. The molecule has 2 saturated carbocycles. The minimum atomic E-state index is -0.603. The number of thioether (sulfide) groups is 1. The van der Waals surface area contributed by atoms with Gasteiger partial charge < -0.3 is 11.1 Å². The minimum absolute atomic E-state index is 0. The van der Waals surface area contributed by atoms with E-state index in [0.29, 0.717) is 0 Å². The van der Waals surface area contributed by atoms with Crippen molar-refractivity contribution in [3.05, 3.63) is 29.8 Å². The van der Waals surface area contributed by atoms with Crippen molar-refractivity contribution in [3.8, 4) is 0 Å². The van der Waals surface area contributed by atoms with Gasteiger partial charge in [-0.2, -0.15) is 11.8 Å². The highest BCUT2D eigenvalue weighted by Crippen LogP contribution is 2.34. The van der Waals surface area contributed by atoms with Gasteiger partial charge in [-0.25, -0.2) is 0 Å². The highest BCUT2D eigenvalue weighted by molar-refractivity contribution is 7.99. The molecule has 0 unspecified atom stereocenters. The third kappa shape index (κ3) is 4.38. The molecule has 3 rings (SSSR count). The molecule has 1 aromatic rings. The molecular weight excluding hydrogens is 304 g/mol. The normalized spacial score (nSPS) is 19.9. The zero-order valence-electron chi connectivity index (χ0n) is 12.1. The van der Waals surface area contributed by atoms with Gasteiger partial charge in [0.2, 0.25) is 5.91 Å². The Kier molecular flexibility index (Phi) is 5.58. The predicted octanol–water partition coefficient (Wildman–Crippen LogP) is 3.71. The van der Waals surface area contributed by atoms with Gasteiger partial charge in [-0.1, -0.05) is 25.0 Å². The van der Waals surface area contributed by atoms with Crippen LogP contribution in [-0.4, -0.2) is 16.7 Å². The molecule has 0 bridgehead atoms. The first-order valence-electron chi connectivity index (χ1n) is 7.47. The lowest BCUT2D eigenvalue weighted by atomic mass is 10.2. The molecule has 1 aromatic carbocycles. The molecule has 2 aliphatic rings. The number of carbonyl (C=O) groups excluding carboxylic acids is 1. The van der Waals surface area contributed by atoms with E-state index in [1.165, 1.54) is 31.2 Å². The van der Waals surface area contributed by atoms with E-state index in [-0.39, 0.29) is 18.3 Å². The van der Waals surface area contributed by atoms with Crippen molar-refractivity contribution < 1.29 is 4.79 Å². The lowest BCUT2D eigenvalue weighted by molar-refractivity contribution is -0.118. The van der Waals surface area contributed by atoms with Gasteiger partial charge in [-0.05, 0) is 43.4 Å². The van der Waals surface area contributed by atoms with Crippen LogP contribution < -0.4 is 11.1 Å². The molecule has 5 heteroatoms. The standard InChI is InChI=1S/C16H22N2OS.ClH/c17-16(8-9-16)15(19)18-13-5-3-4-12(10-13)11-20-14-6-1-2-7-14;/h3-5,10,14H,1-2,6-9,11,17H2,(H,18,19);1H. The Morgan fingerprint density at radius 2 is 2.05 bits per heavy atom. The monoisotopic (exact) mass is 326 g/mol. The fraction of sp³-hybridized carbons (Fsp3) is 0.562. The number of carbonyl (C=O) groups is 1. The fourth-order valence-electron chi connectivity index (χ4n) is 2.63. The van der Waals surface area contributed by atoms with E-state index < -0.39 is 5.54 Å². The molecule has 0 aliphatic heterocycles. The maximum absolute atomic E-state index is 11.9. The molecule has 2 aliphatic carbocycles. The summed E-state index contributed by atoms with van der Waals surface area (Å²) in [7, 11) is 0. The van der Waals surface area contributed by atoms with Gasteiger partial charge in [0.15, 0.2) is 0 Å². The molecule has 2 fully saturated rings. The Labute approximate surface area is 136 Å². The van der Waals surface area contributed by atoms with E-state index in [1.807, 2.05) is 23.9 Å². The van der Waals surface area contributed by atoms with E-state index in [0.717, 1.165) is 29.5 Å². The number of nitrogens with one attached hydrogen (secondary N) is 1. The van der Waals surface area contributed by atoms with E-state index in [4.69, 9.17) is 5.73 Å². The van der Waals surface area contributed by atoms with Crippen LogP contribution in [0, 0.1) is 0 Å². The molecule has 3 nitrogen and oxygen atoms in total. The molecule has 0 aromatic heterocycles. The summed E-state index contributed by atoms with van der Waals surface area (Å²) in [6, 6.07) is 8.15. The number of halogens is 1.